The van der Waals surface area contributed by atoms with Crippen molar-refractivity contribution in [1.82, 2.24) is 0 Å². The molecule has 0 unspecified atom stereocenters. The molecule has 5 nitrogen and oxygen atoms in total. The fraction of sp³-hybridized carbons (Fsp3) is 0.429. The lowest BCUT2D eigenvalue weighted by Crippen LogP contribution is -2.14. The zero-order chi connectivity index (χ0) is 19.3. The van der Waals surface area contributed by atoms with Crippen LogP contribution in [0.25, 0.3) is 0 Å². The van der Waals surface area contributed by atoms with Gasteiger partial charge in [0.15, 0.2) is 23.0 Å². The Bertz CT molecular complexity index is 741. The molecule has 0 saturated carbocycles. The summed E-state index contributed by atoms with van der Waals surface area (Å²) in [5, 5.41) is 20.1. The molecule has 0 saturated heterocycles. The summed E-state index contributed by atoms with van der Waals surface area (Å²) in [7, 11) is 4.60. The maximum absolute atomic E-state index is 10.1. The molecule has 2 rings (SSSR count). The molecular formula is C21H28O5. The average Bonchev–Trinajstić information content (AvgIpc) is 2.61. The maximum atomic E-state index is 10.1. The Morgan fingerprint density at radius 2 is 1.31 bits per heavy atom. The summed E-state index contributed by atoms with van der Waals surface area (Å²) in [6.45, 7) is 4.37. The van der Waals surface area contributed by atoms with Crippen LogP contribution in [0.3, 0.4) is 0 Å². The molecule has 0 amide bonds. The first-order chi connectivity index (χ1) is 12.4. The summed E-state index contributed by atoms with van der Waals surface area (Å²) in [4.78, 5) is 0. The number of methoxy groups -OCH3 is 3. The molecule has 0 bridgehead atoms. The number of phenols is 2. The van der Waals surface area contributed by atoms with Crippen LogP contribution in [0.15, 0.2) is 30.3 Å². The minimum atomic E-state index is 0.0850. The minimum absolute atomic E-state index is 0.0850. The molecule has 26 heavy (non-hydrogen) atoms. The fourth-order valence-electron chi connectivity index (χ4n) is 3.13. The third-order valence-electron chi connectivity index (χ3n) is 4.85. The molecule has 5 heteroatoms. The van der Waals surface area contributed by atoms with Gasteiger partial charge in [-0.2, -0.15) is 0 Å². The van der Waals surface area contributed by atoms with E-state index in [2.05, 4.69) is 13.8 Å². The zero-order valence-corrected chi connectivity index (χ0v) is 16.1. The predicted octanol–water partition coefficient (Wildman–Crippen LogP) is 4.18. The zero-order valence-electron chi connectivity index (χ0n) is 16.1. The van der Waals surface area contributed by atoms with E-state index in [1.807, 2.05) is 12.1 Å². The molecule has 142 valence electrons. The van der Waals surface area contributed by atoms with E-state index in [0.717, 1.165) is 24.0 Å². The largest absolute Gasteiger partial charge is 0.504 e. The van der Waals surface area contributed by atoms with Gasteiger partial charge in [0.2, 0.25) is 5.75 Å². The van der Waals surface area contributed by atoms with Gasteiger partial charge in [0, 0.05) is 0 Å². The van der Waals surface area contributed by atoms with Crippen molar-refractivity contribution < 1.29 is 24.4 Å². The van der Waals surface area contributed by atoms with E-state index >= 15 is 0 Å². The van der Waals surface area contributed by atoms with Crippen molar-refractivity contribution in [3.8, 4) is 28.7 Å². The van der Waals surface area contributed by atoms with Crippen LogP contribution in [0.1, 0.15) is 25.0 Å². The van der Waals surface area contributed by atoms with Crippen molar-refractivity contribution in [1.29, 1.82) is 0 Å². The molecule has 0 aliphatic heterocycles. The highest BCUT2D eigenvalue weighted by atomic mass is 16.5. The molecule has 0 spiro atoms. The van der Waals surface area contributed by atoms with Crippen LogP contribution < -0.4 is 14.2 Å². The molecule has 0 aromatic heterocycles. The second kappa shape index (κ2) is 8.70. The van der Waals surface area contributed by atoms with E-state index < -0.39 is 0 Å². The summed E-state index contributed by atoms with van der Waals surface area (Å²) < 4.78 is 15.6. The van der Waals surface area contributed by atoms with Crippen molar-refractivity contribution in [3.05, 3.63) is 41.5 Å². The van der Waals surface area contributed by atoms with E-state index in [1.54, 1.807) is 25.3 Å². The standard InChI is InChI=1S/C21H28O5/c1-13(8-15-6-7-19(24-3)17(22)10-15)14(2)9-16-11-18(23)21(26-5)20(12-16)25-4/h6-7,10-14,22-23H,8-9H2,1-5H3/t13-,14+/m1/s1. The van der Waals surface area contributed by atoms with E-state index in [0.29, 0.717) is 29.1 Å². The van der Waals surface area contributed by atoms with Crippen LogP contribution in [0.2, 0.25) is 0 Å². The summed E-state index contributed by atoms with van der Waals surface area (Å²) >= 11 is 0. The molecule has 0 heterocycles. The van der Waals surface area contributed by atoms with Crippen molar-refractivity contribution in [2.24, 2.45) is 11.8 Å². The molecule has 0 radical (unpaired) electrons. The van der Waals surface area contributed by atoms with Crippen LogP contribution >= 0.6 is 0 Å². The predicted molar refractivity (Wildman–Crippen MR) is 102 cm³/mol. The molecule has 2 aromatic rings. The number of benzene rings is 2. The summed E-state index contributed by atoms with van der Waals surface area (Å²) in [5.41, 5.74) is 2.06. The molecule has 2 aromatic carbocycles. The van der Waals surface area contributed by atoms with Crippen molar-refractivity contribution in [3.63, 3.8) is 0 Å². The Morgan fingerprint density at radius 3 is 1.85 bits per heavy atom. The first kappa shape index (κ1) is 19.8. The van der Waals surface area contributed by atoms with Gasteiger partial charge in [-0.05, 0) is 60.1 Å². The fourth-order valence-corrected chi connectivity index (χ4v) is 3.13. The van der Waals surface area contributed by atoms with E-state index in [1.165, 1.54) is 14.2 Å². The van der Waals surface area contributed by atoms with Crippen LogP contribution in [0.4, 0.5) is 0 Å². The lowest BCUT2D eigenvalue weighted by molar-refractivity contribution is 0.331. The van der Waals surface area contributed by atoms with Gasteiger partial charge in [0.1, 0.15) is 0 Å². The smallest absolute Gasteiger partial charge is 0.203 e. The van der Waals surface area contributed by atoms with E-state index in [9.17, 15) is 10.2 Å². The number of ether oxygens (including phenoxy) is 3. The number of rotatable bonds is 8. The quantitative estimate of drug-likeness (QED) is 0.739. The highest BCUT2D eigenvalue weighted by molar-refractivity contribution is 5.53. The number of hydrogen-bond acceptors (Lipinski definition) is 5. The summed E-state index contributed by atoms with van der Waals surface area (Å²) in [6.07, 6.45) is 1.65. The van der Waals surface area contributed by atoms with Gasteiger partial charge in [0.25, 0.3) is 0 Å². The minimum Gasteiger partial charge on any atom is -0.504 e. The first-order valence-electron chi connectivity index (χ1n) is 8.69. The SMILES string of the molecule is COc1ccc(C[C@@H](C)[C@@H](C)Cc2cc(O)c(OC)c(OC)c2)cc1O. The third-order valence-corrected chi connectivity index (χ3v) is 4.85. The van der Waals surface area contributed by atoms with Crippen LogP contribution in [-0.4, -0.2) is 31.5 Å². The second-order valence-corrected chi connectivity index (χ2v) is 6.72. The van der Waals surface area contributed by atoms with Gasteiger partial charge in [-0.25, -0.2) is 0 Å². The van der Waals surface area contributed by atoms with Gasteiger partial charge < -0.3 is 24.4 Å². The van der Waals surface area contributed by atoms with Gasteiger partial charge in [-0.3, -0.25) is 0 Å². The van der Waals surface area contributed by atoms with Gasteiger partial charge in [-0.1, -0.05) is 19.9 Å². The Labute approximate surface area is 155 Å². The Hall–Kier alpha value is -2.56. The monoisotopic (exact) mass is 360 g/mol. The van der Waals surface area contributed by atoms with Crippen LogP contribution in [-0.2, 0) is 12.8 Å². The van der Waals surface area contributed by atoms with Crippen molar-refractivity contribution in [2.45, 2.75) is 26.7 Å². The van der Waals surface area contributed by atoms with Gasteiger partial charge in [-0.15, -0.1) is 0 Å². The van der Waals surface area contributed by atoms with Crippen LogP contribution in [0, 0.1) is 11.8 Å². The Morgan fingerprint density at radius 1 is 0.731 bits per heavy atom. The van der Waals surface area contributed by atoms with E-state index in [4.69, 9.17) is 14.2 Å². The second-order valence-electron chi connectivity index (χ2n) is 6.72. The Balaban J connectivity index is 2.08. The summed E-state index contributed by atoms with van der Waals surface area (Å²) in [5.74, 6) is 2.37. The lowest BCUT2D eigenvalue weighted by Gasteiger charge is -2.21. The van der Waals surface area contributed by atoms with Crippen molar-refractivity contribution >= 4 is 0 Å². The number of phenolic OH excluding ortho intramolecular Hbond substituents is 2. The average molecular weight is 360 g/mol. The maximum Gasteiger partial charge on any atom is 0.203 e. The third kappa shape index (κ3) is 4.54. The Kier molecular flexibility index (Phi) is 6.61. The molecule has 0 aliphatic rings. The summed E-state index contributed by atoms with van der Waals surface area (Å²) in [6, 6.07) is 9.15. The number of hydrogen-bond donors (Lipinski definition) is 2. The highest BCUT2D eigenvalue weighted by Gasteiger charge is 2.18. The van der Waals surface area contributed by atoms with Crippen LogP contribution in [0.5, 0.6) is 28.7 Å². The van der Waals surface area contributed by atoms with Gasteiger partial charge >= 0.3 is 0 Å². The molecule has 0 fully saturated rings. The van der Waals surface area contributed by atoms with Gasteiger partial charge in [0.05, 0.1) is 21.3 Å². The lowest BCUT2D eigenvalue weighted by atomic mass is 9.85. The molecule has 2 atom stereocenters. The van der Waals surface area contributed by atoms with E-state index in [-0.39, 0.29) is 11.5 Å². The molecule has 0 aliphatic carbocycles. The molecular weight excluding hydrogens is 332 g/mol. The topological polar surface area (TPSA) is 68.2 Å². The van der Waals surface area contributed by atoms with Crippen molar-refractivity contribution in [2.75, 3.05) is 21.3 Å². The number of aromatic hydroxyl groups is 2. The molecule has 2 N–H and O–H groups in total. The first-order valence-corrected chi connectivity index (χ1v) is 8.69. The highest BCUT2D eigenvalue weighted by Crippen LogP contribution is 2.38. The normalized spacial score (nSPS) is 13.1.